The lowest BCUT2D eigenvalue weighted by Crippen LogP contribution is -2.42. The molecule has 1 aromatic carbocycles. The summed E-state index contributed by atoms with van der Waals surface area (Å²) in [6.07, 6.45) is 0. The Labute approximate surface area is 116 Å². The van der Waals surface area contributed by atoms with E-state index in [0.717, 1.165) is 15.9 Å². The van der Waals surface area contributed by atoms with Crippen LogP contribution in [0, 0.1) is 5.92 Å². The third kappa shape index (κ3) is 1.88. The van der Waals surface area contributed by atoms with Gasteiger partial charge in [-0.1, -0.05) is 48.0 Å². The molecule has 0 bridgehead atoms. The van der Waals surface area contributed by atoms with Crippen molar-refractivity contribution in [2.75, 3.05) is 7.05 Å². The topological polar surface area (TPSA) is 32.7 Å². The number of amidine groups is 1. The van der Waals surface area contributed by atoms with E-state index in [1.807, 2.05) is 45.0 Å². The number of aliphatic imine (C=N–C) groups is 1. The SMILES string of the molecule is CC(C)[C@]1(C)N=C(c2ccccc2Br)N(C)C1=O. The summed E-state index contributed by atoms with van der Waals surface area (Å²) in [5.74, 6) is 0.972. The maximum Gasteiger partial charge on any atom is 0.255 e. The van der Waals surface area contributed by atoms with E-state index in [0.29, 0.717) is 0 Å². The maximum atomic E-state index is 12.4. The highest BCUT2D eigenvalue weighted by Crippen LogP contribution is 2.32. The fourth-order valence-corrected chi connectivity index (χ4v) is 2.50. The first-order valence-electron chi connectivity index (χ1n) is 6.01. The summed E-state index contributed by atoms with van der Waals surface area (Å²) in [4.78, 5) is 18.7. The van der Waals surface area contributed by atoms with E-state index in [2.05, 4.69) is 20.9 Å². The van der Waals surface area contributed by atoms with Gasteiger partial charge in [0.2, 0.25) is 0 Å². The van der Waals surface area contributed by atoms with Crippen molar-refractivity contribution in [2.45, 2.75) is 26.3 Å². The highest BCUT2D eigenvalue weighted by Gasteiger charge is 2.45. The van der Waals surface area contributed by atoms with Crippen molar-refractivity contribution in [3.8, 4) is 0 Å². The molecular formula is C14H17BrN2O. The first kappa shape index (κ1) is 13.3. The Balaban J connectivity index is 2.53. The molecule has 3 nitrogen and oxygen atoms in total. The second-order valence-electron chi connectivity index (χ2n) is 5.08. The van der Waals surface area contributed by atoms with Gasteiger partial charge in [-0.3, -0.25) is 14.7 Å². The number of hydrogen-bond donors (Lipinski definition) is 0. The van der Waals surface area contributed by atoms with Crippen LogP contribution in [0.4, 0.5) is 0 Å². The molecule has 0 aromatic heterocycles. The Morgan fingerprint density at radius 2 is 1.94 bits per heavy atom. The molecule has 2 rings (SSSR count). The summed E-state index contributed by atoms with van der Waals surface area (Å²) < 4.78 is 0.955. The molecule has 0 saturated heterocycles. The molecule has 0 radical (unpaired) electrons. The fraction of sp³-hybridized carbons (Fsp3) is 0.429. The molecule has 1 heterocycles. The van der Waals surface area contributed by atoms with Crippen LogP contribution in [0.2, 0.25) is 0 Å². The van der Waals surface area contributed by atoms with E-state index >= 15 is 0 Å². The minimum absolute atomic E-state index is 0.0586. The number of halogens is 1. The minimum Gasteiger partial charge on any atom is -0.298 e. The molecule has 0 unspecified atom stereocenters. The molecule has 1 aliphatic heterocycles. The van der Waals surface area contributed by atoms with Crippen molar-refractivity contribution >= 4 is 27.7 Å². The van der Waals surface area contributed by atoms with Crippen LogP contribution in [-0.4, -0.2) is 29.2 Å². The predicted octanol–water partition coefficient (Wildman–Crippen LogP) is 3.08. The lowest BCUT2D eigenvalue weighted by atomic mass is 9.89. The number of rotatable bonds is 2. The quantitative estimate of drug-likeness (QED) is 0.826. The lowest BCUT2D eigenvalue weighted by molar-refractivity contribution is -0.131. The van der Waals surface area contributed by atoms with Gasteiger partial charge in [-0.15, -0.1) is 0 Å². The Hall–Kier alpha value is -1.16. The molecule has 1 atom stereocenters. The second kappa shape index (κ2) is 4.50. The number of carbonyl (C=O) groups is 1. The van der Waals surface area contributed by atoms with Crippen molar-refractivity contribution in [1.82, 2.24) is 4.90 Å². The highest BCUT2D eigenvalue weighted by molar-refractivity contribution is 9.10. The average molecular weight is 309 g/mol. The van der Waals surface area contributed by atoms with E-state index < -0.39 is 5.54 Å². The van der Waals surface area contributed by atoms with Gasteiger partial charge in [-0.2, -0.15) is 0 Å². The average Bonchev–Trinajstić information content (AvgIpc) is 2.56. The molecule has 96 valence electrons. The second-order valence-corrected chi connectivity index (χ2v) is 5.94. The Kier molecular flexibility index (Phi) is 3.32. The van der Waals surface area contributed by atoms with Crippen molar-refractivity contribution in [1.29, 1.82) is 0 Å². The molecule has 4 heteroatoms. The van der Waals surface area contributed by atoms with Crippen molar-refractivity contribution in [3.63, 3.8) is 0 Å². The van der Waals surface area contributed by atoms with Gasteiger partial charge in [-0.25, -0.2) is 0 Å². The van der Waals surface area contributed by atoms with Gasteiger partial charge in [0.1, 0.15) is 11.4 Å². The molecule has 1 aliphatic rings. The third-order valence-electron chi connectivity index (χ3n) is 3.63. The van der Waals surface area contributed by atoms with E-state index in [1.165, 1.54) is 0 Å². The van der Waals surface area contributed by atoms with Gasteiger partial charge in [0.15, 0.2) is 0 Å². The molecule has 1 aromatic rings. The largest absolute Gasteiger partial charge is 0.298 e. The summed E-state index contributed by atoms with van der Waals surface area (Å²) in [5.41, 5.74) is 0.303. The number of benzene rings is 1. The van der Waals surface area contributed by atoms with Gasteiger partial charge in [0, 0.05) is 17.1 Å². The molecule has 1 amide bonds. The number of amides is 1. The summed E-state index contributed by atoms with van der Waals surface area (Å²) in [6.45, 7) is 5.96. The van der Waals surface area contributed by atoms with E-state index in [4.69, 9.17) is 0 Å². The van der Waals surface area contributed by atoms with Crippen LogP contribution in [0.5, 0.6) is 0 Å². The van der Waals surface area contributed by atoms with Gasteiger partial charge in [0.05, 0.1) is 0 Å². The fourth-order valence-electron chi connectivity index (χ4n) is 2.04. The summed E-state index contributed by atoms with van der Waals surface area (Å²) in [5, 5.41) is 0. The maximum absolute atomic E-state index is 12.4. The normalized spacial score (nSPS) is 23.8. The van der Waals surface area contributed by atoms with Crippen LogP contribution in [0.1, 0.15) is 26.3 Å². The molecule has 0 aliphatic carbocycles. The monoisotopic (exact) mass is 308 g/mol. The summed E-state index contributed by atoms with van der Waals surface area (Å²) in [6, 6.07) is 7.83. The first-order chi connectivity index (χ1) is 8.38. The van der Waals surface area contributed by atoms with Crippen molar-refractivity contribution < 1.29 is 4.79 Å². The van der Waals surface area contributed by atoms with Gasteiger partial charge in [0.25, 0.3) is 5.91 Å². The third-order valence-corrected chi connectivity index (χ3v) is 4.32. The van der Waals surface area contributed by atoms with Crippen LogP contribution in [0.15, 0.2) is 33.7 Å². The van der Waals surface area contributed by atoms with E-state index in [1.54, 1.807) is 11.9 Å². The number of nitrogens with zero attached hydrogens (tertiary/aromatic N) is 2. The van der Waals surface area contributed by atoms with Gasteiger partial charge in [-0.05, 0) is 18.9 Å². The molecule has 0 spiro atoms. The van der Waals surface area contributed by atoms with Crippen LogP contribution in [0.3, 0.4) is 0 Å². The zero-order chi connectivity index (χ0) is 13.5. The standard InChI is InChI=1S/C14H17BrN2O/c1-9(2)14(3)13(18)17(4)12(16-14)10-7-5-6-8-11(10)15/h5-9H,1-4H3/t14-/m0/s1. The zero-order valence-electron chi connectivity index (χ0n) is 11.1. The number of carbonyl (C=O) groups excluding carboxylic acids is 1. The Morgan fingerprint density at radius 3 is 2.44 bits per heavy atom. The van der Waals surface area contributed by atoms with Crippen molar-refractivity contribution in [2.24, 2.45) is 10.9 Å². The lowest BCUT2D eigenvalue weighted by Gasteiger charge is -2.23. The van der Waals surface area contributed by atoms with Crippen LogP contribution in [-0.2, 0) is 4.79 Å². The molecule has 0 N–H and O–H groups in total. The number of hydrogen-bond acceptors (Lipinski definition) is 2. The van der Waals surface area contributed by atoms with Gasteiger partial charge < -0.3 is 0 Å². The summed E-state index contributed by atoms with van der Waals surface area (Å²) in [7, 11) is 1.79. The van der Waals surface area contributed by atoms with E-state index in [-0.39, 0.29) is 11.8 Å². The Morgan fingerprint density at radius 1 is 1.33 bits per heavy atom. The first-order valence-corrected chi connectivity index (χ1v) is 6.80. The smallest absolute Gasteiger partial charge is 0.255 e. The Bertz CT molecular complexity index is 524. The number of likely N-dealkylation sites (N-methyl/N-ethyl adjacent to an activating group) is 1. The highest BCUT2D eigenvalue weighted by atomic mass is 79.9. The van der Waals surface area contributed by atoms with E-state index in [9.17, 15) is 4.79 Å². The van der Waals surface area contributed by atoms with Crippen LogP contribution < -0.4 is 0 Å². The van der Waals surface area contributed by atoms with Gasteiger partial charge >= 0.3 is 0 Å². The minimum atomic E-state index is -0.653. The van der Waals surface area contributed by atoms with Crippen LogP contribution >= 0.6 is 15.9 Å². The summed E-state index contributed by atoms with van der Waals surface area (Å²) >= 11 is 3.51. The van der Waals surface area contributed by atoms with Crippen molar-refractivity contribution in [3.05, 3.63) is 34.3 Å². The van der Waals surface area contributed by atoms with Crippen LogP contribution in [0.25, 0.3) is 0 Å². The molecule has 18 heavy (non-hydrogen) atoms. The molecular weight excluding hydrogens is 292 g/mol. The molecule has 0 fully saturated rings. The molecule has 0 saturated carbocycles. The zero-order valence-corrected chi connectivity index (χ0v) is 12.7. The predicted molar refractivity (Wildman–Crippen MR) is 76.7 cm³/mol.